The van der Waals surface area contributed by atoms with Crippen molar-refractivity contribution in [3.63, 3.8) is 0 Å². The summed E-state index contributed by atoms with van der Waals surface area (Å²) in [5.41, 5.74) is 1.09. The Hall–Kier alpha value is -1.64. The number of carbonyl (C=O) groups excluding carboxylic acids is 1. The lowest BCUT2D eigenvalue weighted by Crippen LogP contribution is -2.38. The molecule has 2 aliphatic rings. The van der Waals surface area contributed by atoms with Crippen LogP contribution in [0.2, 0.25) is 0 Å². The highest BCUT2D eigenvalue weighted by molar-refractivity contribution is 7.89. The Kier molecular flexibility index (Phi) is 7.31. The van der Waals surface area contributed by atoms with Gasteiger partial charge in [-0.05, 0) is 50.3 Å². The molecule has 0 unspecified atom stereocenters. The Balaban J connectivity index is 1.94. The van der Waals surface area contributed by atoms with Crippen LogP contribution in [0.3, 0.4) is 0 Å². The van der Waals surface area contributed by atoms with Crippen molar-refractivity contribution in [2.24, 2.45) is 0 Å². The normalized spacial score (nSPS) is 18.8. The number of nitrogens with zero attached hydrogens (tertiary/aromatic N) is 2. The number of hydrogen-bond acceptors (Lipinski definition) is 5. The number of piperidine rings is 2. The number of benzene rings is 1. The zero-order valence-corrected chi connectivity index (χ0v) is 17.5. The van der Waals surface area contributed by atoms with Crippen molar-refractivity contribution in [2.45, 2.75) is 43.4 Å². The van der Waals surface area contributed by atoms with Crippen LogP contribution in [0, 0.1) is 0 Å². The molecule has 1 aromatic rings. The zero-order chi connectivity index (χ0) is 20.0. The zero-order valence-electron chi connectivity index (χ0n) is 16.7. The van der Waals surface area contributed by atoms with E-state index >= 15 is 0 Å². The van der Waals surface area contributed by atoms with Gasteiger partial charge in [-0.15, -0.1) is 0 Å². The monoisotopic (exact) mass is 409 g/mol. The first-order chi connectivity index (χ1) is 13.5. The van der Waals surface area contributed by atoms with Gasteiger partial charge >= 0.3 is 0 Å². The van der Waals surface area contributed by atoms with E-state index in [9.17, 15) is 13.2 Å². The number of rotatable bonds is 7. The Morgan fingerprint density at radius 1 is 1.04 bits per heavy atom. The first kappa shape index (κ1) is 21.1. The Labute approximate surface area is 168 Å². The lowest BCUT2D eigenvalue weighted by molar-refractivity contribution is 0.0937. The molecule has 2 heterocycles. The third kappa shape index (κ3) is 4.85. The molecule has 1 aromatic carbocycles. The van der Waals surface area contributed by atoms with Crippen molar-refractivity contribution in [3.8, 4) is 0 Å². The van der Waals surface area contributed by atoms with Crippen LogP contribution in [0.1, 0.15) is 48.9 Å². The van der Waals surface area contributed by atoms with Gasteiger partial charge in [-0.2, -0.15) is 4.31 Å². The summed E-state index contributed by atoms with van der Waals surface area (Å²) in [4.78, 5) is 14.9. The van der Waals surface area contributed by atoms with E-state index in [0.717, 1.165) is 50.9 Å². The smallest absolute Gasteiger partial charge is 0.251 e. The molecule has 0 spiro atoms. The van der Waals surface area contributed by atoms with Gasteiger partial charge in [0.15, 0.2) is 0 Å². The third-order valence-electron chi connectivity index (χ3n) is 5.44. The molecule has 0 aromatic heterocycles. The van der Waals surface area contributed by atoms with Gasteiger partial charge in [0.2, 0.25) is 10.0 Å². The lowest BCUT2D eigenvalue weighted by atomic mass is 10.1. The van der Waals surface area contributed by atoms with E-state index in [1.165, 1.54) is 6.42 Å². The van der Waals surface area contributed by atoms with Gasteiger partial charge in [-0.1, -0.05) is 6.42 Å². The lowest BCUT2D eigenvalue weighted by Gasteiger charge is -2.33. The van der Waals surface area contributed by atoms with Gasteiger partial charge in [0.1, 0.15) is 4.90 Å². The average molecular weight is 410 g/mol. The second-order valence-corrected chi connectivity index (χ2v) is 9.35. The van der Waals surface area contributed by atoms with Crippen molar-refractivity contribution in [3.05, 3.63) is 23.8 Å². The number of sulfonamides is 1. The molecule has 0 saturated carbocycles. The third-order valence-corrected chi connectivity index (χ3v) is 7.37. The van der Waals surface area contributed by atoms with E-state index in [1.807, 2.05) is 0 Å². The molecule has 1 N–H and O–H groups in total. The molecule has 156 valence electrons. The second kappa shape index (κ2) is 9.71. The number of amides is 1. The number of methoxy groups -OCH3 is 1. The van der Waals surface area contributed by atoms with E-state index in [-0.39, 0.29) is 10.8 Å². The van der Waals surface area contributed by atoms with Gasteiger partial charge in [0.25, 0.3) is 5.91 Å². The SMILES string of the molecule is COCCNC(=O)c1ccc(N2CCCCC2)c(S(=O)(=O)N2CCCCC2)c1. The molecule has 3 rings (SSSR count). The summed E-state index contributed by atoms with van der Waals surface area (Å²) < 4.78 is 33.4. The van der Waals surface area contributed by atoms with Gasteiger partial charge in [0, 0.05) is 45.4 Å². The summed E-state index contributed by atoms with van der Waals surface area (Å²) in [5, 5.41) is 2.77. The van der Waals surface area contributed by atoms with Gasteiger partial charge < -0.3 is 15.0 Å². The van der Waals surface area contributed by atoms with Crippen LogP contribution in [0.25, 0.3) is 0 Å². The number of anilines is 1. The summed E-state index contributed by atoms with van der Waals surface area (Å²) in [5.74, 6) is -0.280. The second-order valence-electron chi connectivity index (χ2n) is 7.44. The molecule has 0 bridgehead atoms. The predicted octanol–water partition coefficient (Wildman–Crippen LogP) is 2.23. The molecule has 28 heavy (non-hydrogen) atoms. The molecule has 7 nitrogen and oxygen atoms in total. The molecule has 0 radical (unpaired) electrons. The number of ether oxygens (including phenoxy) is 1. The Bertz CT molecular complexity index is 770. The minimum atomic E-state index is -3.64. The van der Waals surface area contributed by atoms with Crippen LogP contribution >= 0.6 is 0 Å². The summed E-state index contributed by atoms with van der Waals surface area (Å²) in [6.45, 7) is 3.59. The fraction of sp³-hybridized carbons (Fsp3) is 0.650. The maximum atomic E-state index is 13.4. The summed E-state index contributed by atoms with van der Waals surface area (Å²) in [6, 6.07) is 5.07. The molecule has 2 saturated heterocycles. The van der Waals surface area contributed by atoms with Crippen molar-refractivity contribution >= 4 is 21.6 Å². The quantitative estimate of drug-likeness (QED) is 0.699. The number of carbonyl (C=O) groups is 1. The first-order valence-corrected chi connectivity index (χ1v) is 11.6. The van der Waals surface area contributed by atoms with Crippen LogP contribution < -0.4 is 10.2 Å². The van der Waals surface area contributed by atoms with Gasteiger partial charge in [-0.3, -0.25) is 4.79 Å². The van der Waals surface area contributed by atoms with Crippen LogP contribution in [0.5, 0.6) is 0 Å². The minimum absolute atomic E-state index is 0.260. The number of hydrogen-bond donors (Lipinski definition) is 1. The van der Waals surface area contributed by atoms with Crippen molar-refractivity contribution in [1.82, 2.24) is 9.62 Å². The topological polar surface area (TPSA) is 79.0 Å². The maximum absolute atomic E-state index is 13.4. The molecule has 1 amide bonds. The van der Waals surface area contributed by atoms with E-state index in [2.05, 4.69) is 10.2 Å². The highest BCUT2D eigenvalue weighted by atomic mass is 32.2. The highest BCUT2D eigenvalue weighted by Gasteiger charge is 2.31. The molecule has 0 atom stereocenters. The van der Waals surface area contributed by atoms with E-state index in [1.54, 1.807) is 29.6 Å². The average Bonchev–Trinajstić information content (AvgIpc) is 2.74. The van der Waals surface area contributed by atoms with Gasteiger partial charge in [-0.25, -0.2) is 8.42 Å². The predicted molar refractivity (Wildman–Crippen MR) is 109 cm³/mol. The van der Waals surface area contributed by atoms with Crippen LogP contribution in [0.15, 0.2) is 23.1 Å². The van der Waals surface area contributed by atoms with Crippen LogP contribution in [-0.4, -0.2) is 65.1 Å². The first-order valence-electron chi connectivity index (χ1n) is 10.2. The fourth-order valence-electron chi connectivity index (χ4n) is 3.87. The molecule has 0 aliphatic carbocycles. The Morgan fingerprint density at radius 2 is 1.68 bits per heavy atom. The standard InChI is InChI=1S/C20H31N3O4S/c1-27-15-10-21-20(24)17-8-9-18(22-11-4-2-5-12-22)19(16-17)28(25,26)23-13-6-3-7-14-23/h8-9,16H,2-7,10-15H2,1H3,(H,21,24). The Morgan fingerprint density at radius 3 is 2.32 bits per heavy atom. The fourth-order valence-corrected chi connectivity index (χ4v) is 5.63. The largest absolute Gasteiger partial charge is 0.383 e. The van der Waals surface area contributed by atoms with Crippen molar-refractivity contribution in [1.29, 1.82) is 0 Å². The molecular weight excluding hydrogens is 378 g/mol. The molecular formula is C20H31N3O4S. The van der Waals surface area contributed by atoms with E-state index in [0.29, 0.717) is 31.8 Å². The molecule has 2 fully saturated rings. The summed E-state index contributed by atoms with van der Waals surface area (Å²) in [7, 11) is -2.06. The minimum Gasteiger partial charge on any atom is -0.383 e. The van der Waals surface area contributed by atoms with E-state index in [4.69, 9.17) is 4.74 Å². The van der Waals surface area contributed by atoms with E-state index < -0.39 is 10.0 Å². The summed E-state index contributed by atoms with van der Waals surface area (Å²) >= 11 is 0. The highest BCUT2D eigenvalue weighted by Crippen LogP contribution is 2.32. The van der Waals surface area contributed by atoms with Crippen LogP contribution in [-0.2, 0) is 14.8 Å². The molecule has 8 heteroatoms. The number of nitrogens with one attached hydrogen (secondary N) is 1. The van der Waals surface area contributed by atoms with Gasteiger partial charge in [0.05, 0.1) is 12.3 Å². The van der Waals surface area contributed by atoms with Crippen molar-refractivity contribution in [2.75, 3.05) is 51.3 Å². The summed E-state index contributed by atoms with van der Waals surface area (Å²) in [6.07, 6.45) is 6.12. The van der Waals surface area contributed by atoms with Crippen LogP contribution in [0.4, 0.5) is 5.69 Å². The van der Waals surface area contributed by atoms with Crippen molar-refractivity contribution < 1.29 is 17.9 Å². The molecule has 2 aliphatic heterocycles. The maximum Gasteiger partial charge on any atom is 0.251 e.